The van der Waals surface area contributed by atoms with Gasteiger partial charge < -0.3 is 14.9 Å². The third-order valence-corrected chi connectivity index (χ3v) is 4.87. The Bertz CT molecular complexity index is 591. The van der Waals surface area contributed by atoms with Crippen LogP contribution in [-0.4, -0.2) is 82.6 Å². The van der Waals surface area contributed by atoms with E-state index in [4.69, 9.17) is 0 Å². The van der Waals surface area contributed by atoms with E-state index in [2.05, 4.69) is 14.9 Å². The molecule has 1 atom stereocenters. The van der Waals surface area contributed by atoms with E-state index in [0.717, 1.165) is 25.9 Å². The van der Waals surface area contributed by atoms with Gasteiger partial charge in [-0.25, -0.2) is 9.97 Å². The van der Waals surface area contributed by atoms with Crippen molar-refractivity contribution < 1.29 is 14.7 Å². The quantitative estimate of drug-likeness (QED) is 0.838. The Morgan fingerprint density at radius 3 is 2.44 bits per heavy atom. The first-order valence-corrected chi connectivity index (χ1v) is 8.88. The molecule has 0 saturated carbocycles. The topological polar surface area (TPSA) is 89.9 Å². The number of rotatable bonds is 4. The van der Waals surface area contributed by atoms with Crippen molar-refractivity contribution in [1.82, 2.24) is 19.8 Å². The number of carbonyl (C=O) groups is 2. The number of piperidine rings is 1. The number of aliphatic carboxylic acids is 1. The Morgan fingerprint density at radius 2 is 1.76 bits per heavy atom. The van der Waals surface area contributed by atoms with Crippen molar-refractivity contribution in [3.63, 3.8) is 0 Å². The Hall–Kier alpha value is -2.22. The van der Waals surface area contributed by atoms with Crippen LogP contribution in [0.25, 0.3) is 0 Å². The van der Waals surface area contributed by atoms with Crippen LogP contribution in [-0.2, 0) is 9.59 Å². The number of hydrogen-bond donors (Lipinski definition) is 1. The van der Waals surface area contributed by atoms with Crippen LogP contribution in [0.2, 0.25) is 0 Å². The molecule has 2 fully saturated rings. The summed E-state index contributed by atoms with van der Waals surface area (Å²) in [7, 11) is 0. The third-order valence-electron chi connectivity index (χ3n) is 4.87. The van der Waals surface area contributed by atoms with E-state index in [-0.39, 0.29) is 12.5 Å². The Balaban J connectivity index is 1.66. The molecule has 0 unspecified atom stereocenters. The number of aromatic nitrogens is 2. The highest BCUT2D eigenvalue weighted by atomic mass is 16.4. The second-order valence-electron chi connectivity index (χ2n) is 6.71. The summed E-state index contributed by atoms with van der Waals surface area (Å²) < 4.78 is 0. The maximum absolute atomic E-state index is 12.7. The van der Waals surface area contributed by atoms with Crippen LogP contribution < -0.4 is 4.90 Å². The third kappa shape index (κ3) is 4.66. The van der Waals surface area contributed by atoms with Crippen LogP contribution >= 0.6 is 0 Å². The second kappa shape index (κ2) is 8.24. The SMILES string of the molecule is O=C(O)[C@@H]1CN(C(=O)CN2CCCCC2)CCN(c2ncccn2)C1. The van der Waals surface area contributed by atoms with Crippen molar-refractivity contribution in [1.29, 1.82) is 0 Å². The van der Waals surface area contributed by atoms with Crippen LogP contribution in [0.5, 0.6) is 0 Å². The van der Waals surface area contributed by atoms with E-state index in [0.29, 0.717) is 32.1 Å². The average Bonchev–Trinajstić information content (AvgIpc) is 2.87. The van der Waals surface area contributed by atoms with Crippen LogP contribution in [0, 0.1) is 5.92 Å². The molecule has 0 aliphatic carbocycles. The summed E-state index contributed by atoms with van der Waals surface area (Å²) in [4.78, 5) is 38.4. The van der Waals surface area contributed by atoms with Gasteiger partial charge in [0.05, 0.1) is 12.5 Å². The molecule has 1 aromatic heterocycles. The minimum Gasteiger partial charge on any atom is -0.481 e. The molecule has 2 aliphatic rings. The number of nitrogens with zero attached hydrogens (tertiary/aromatic N) is 5. The zero-order valence-electron chi connectivity index (χ0n) is 14.4. The maximum Gasteiger partial charge on any atom is 0.310 e. The van der Waals surface area contributed by atoms with Crippen molar-refractivity contribution in [2.45, 2.75) is 19.3 Å². The number of amides is 1. The number of anilines is 1. The zero-order chi connectivity index (χ0) is 17.6. The summed E-state index contributed by atoms with van der Waals surface area (Å²) in [6, 6.07) is 1.73. The lowest BCUT2D eigenvalue weighted by Gasteiger charge is -2.29. The molecule has 8 heteroatoms. The highest BCUT2D eigenvalue weighted by Crippen LogP contribution is 2.16. The normalized spacial score (nSPS) is 22.5. The van der Waals surface area contributed by atoms with Crippen molar-refractivity contribution in [2.24, 2.45) is 5.92 Å². The van der Waals surface area contributed by atoms with Gasteiger partial charge in [0.1, 0.15) is 0 Å². The van der Waals surface area contributed by atoms with E-state index in [1.807, 2.05) is 4.90 Å². The molecule has 0 spiro atoms. The van der Waals surface area contributed by atoms with Crippen molar-refractivity contribution in [3.05, 3.63) is 18.5 Å². The van der Waals surface area contributed by atoms with Gasteiger partial charge in [0.2, 0.25) is 11.9 Å². The molecule has 3 rings (SSSR count). The van der Waals surface area contributed by atoms with E-state index in [9.17, 15) is 14.7 Å². The van der Waals surface area contributed by atoms with E-state index in [1.165, 1.54) is 6.42 Å². The molecule has 1 aromatic rings. The minimum absolute atomic E-state index is 0.0176. The number of carbonyl (C=O) groups excluding carboxylic acids is 1. The monoisotopic (exact) mass is 347 g/mol. The summed E-state index contributed by atoms with van der Waals surface area (Å²) in [6.07, 6.45) is 6.76. The predicted molar refractivity (Wildman–Crippen MR) is 92.2 cm³/mol. The first-order chi connectivity index (χ1) is 12.1. The average molecular weight is 347 g/mol. The first-order valence-electron chi connectivity index (χ1n) is 8.88. The number of likely N-dealkylation sites (tertiary alicyclic amines) is 1. The molecule has 3 heterocycles. The maximum atomic E-state index is 12.7. The fourth-order valence-electron chi connectivity index (χ4n) is 3.44. The lowest BCUT2D eigenvalue weighted by Crippen LogP contribution is -2.45. The molecular weight excluding hydrogens is 322 g/mol. The predicted octanol–water partition coefficient (Wildman–Crippen LogP) is 0.312. The Kier molecular flexibility index (Phi) is 5.80. The van der Waals surface area contributed by atoms with Gasteiger partial charge in [-0.2, -0.15) is 0 Å². The van der Waals surface area contributed by atoms with E-state index >= 15 is 0 Å². The Morgan fingerprint density at radius 1 is 1.04 bits per heavy atom. The molecule has 1 N–H and O–H groups in total. The van der Waals surface area contributed by atoms with E-state index in [1.54, 1.807) is 23.4 Å². The summed E-state index contributed by atoms with van der Waals surface area (Å²) in [5.74, 6) is -1.00. The first kappa shape index (κ1) is 17.6. The molecule has 2 aliphatic heterocycles. The molecule has 1 amide bonds. The number of carboxylic acid groups (broad SMARTS) is 1. The van der Waals surface area contributed by atoms with Gasteiger partial charge in [0.25, 0.3) is 0 Å². The standard InChI is InChI=1S/C17H25N5O3/c23-15(13-20-7-2-1-3-8-20)21-9-10-22(12-14(11-21)16(24)25)17-18-5-4-6-19-17/h4-6,14H,1-3,7-13H2,(H,24,25)/t14-/m1/s1. The number of hydrogen-bond acceptors (Lipinski definition) is 6. The second-order valence-corrected chi connectivity index (χ2v) is 6.71. The smallest absolute Gasteiger partial charge is 0.310 e. The molecule has 136 valence electrons. The molecule has 2 saturated heterocycles. The summed E-state index contributed by atoms with van der Waals surface area (Å²) in [6.45, 7) is 3.87. The van der Waals surface area contributed by atoms with E-state index < -0.39 is 11.9 Å². The van der Waals surface area contributed by atoms with Crippen molar-refractivity contribution in [2.75, 3.05) is 50.7 Å². The van der Waals surface area contributed by atoms with Gasteiger partial charge in [0.15, 0.2) is 0 Å². The highest BCUT2D eigenvalue weighted by Gasteiger charge is 2.31. The fourth-order valence-corrected chi connectivity index (χ4v) is 3.44. The van der Waals surface area contributed by atoms with Crippen molar-refractivity contribution >= 4 is 17.8 Å². The molecular formula is C17H25N5O3. The van der Waals surface area contributed by atoms with Crippen LogP contribution in [0.4, 0.5) is 5.95 Å². The lowest BCUT2D eigenvalue weighted by molar-refractivity contribution is -0.143. The fraction of sp³-hybridized carbons (Fsp3) is 0.647. The molecule has 0 bridgehead atoms. The lowest BCUT2D eigenvalue weighted by atomic mass is 10.1. The summed E-state index contributed by atoms with van der Waals surface area (Å²) >= 11 is 0. The molecule has 0 radical (unpaired) electrons. The van der Waals surface area contributed by atoms with Crippen LogP contribution in [0.1, 0.15) is 19.3 Å². The van der Waals surface area contributed by atoms with Gasteiger partial charge in [-0.3, -0.25) is 14.5 Å². The minimum atomic E-state index is -0.890. The molecule has 8 nitrogen and oxygen atoms in total. The van der Waals surface area contributed by atoms with Gasteiger partial charge in [0, 0.05) is 38.6 Å². The summed E-state index contributed by atoms with van der Waals surface area (Å²) in [5.41, 5.74) is 0. The van der Waals surface area contributed by atoms with Gasteiger partial charge >= 0.3 is 5.97 Å². The van der Waals surface area contributed by atoms with Crippen molar-refractivity contribution in [3.8, 4) is 0 Å². The van der Waals surface area contributed by atoms with Crippen LogP contribution in [0.3, 0.4) is 0 Å². The Labute approximate surface area is 147 Å². The molecule has 25 heavy (non-hydrogen) atoms. The largest absolute Gasteiger partial charge is 0.481 e. The van der Waals surface area contributed by atoms with Gasteiger partial charge in [-0.15, -0.1) is 0 Å². The van der Waals surface area contributed by atoms with Gasteiger partial charge in [-0.05, 0) is 32.0 Å². The van der Waals surface area contributed by atoms with Crippen LogP contribution in [0.15, 0.2) is 18.5 Å². The molecule has 0 aromatic carbocycles. The zero-order valence-corrected chi connectivity index (χ0v) is 14.4. The highest BCUT2D eigenvalue weighted by molar-refractivity contribution is 5.80. The van der Waals surface area contributed by atoms with Gasteiger partial charge in [-0.1, -0.05) is 6.42 Å². The number of carboxylic acids is 1. The summed E-state index contributed by atoms with van der Waals surface area (Å²) in [5, 5.41) is 9.53.